The van der Waals surface area contributed by atoms with Crippen molar-refractivity contribution in [1.29, 1.82) is 0 Å². The number of benzene rings is 10. The van der Waals surface area contributed by atoms with Crippen LogP contribution in [0.1, 0.15) is 66.6 Å². The molecule has 0 atom stereocenters. The van der Waals surface area contributed by atoms with E-state index in [1.807, 2.05) is 140 Å². The fraction of sp³-hybridized carbons (Fsp3) is 0.146. The number of carbonyl (C=O) groups excluding carboxylic acids is 4. The Bertz CT molecular complexity index is 4850. The molecule has 2 heterocycles. The van der Waals surface area contributed by atoms with Crippen molar-refractivity contribution < 1.29 is 48.0 Å². The van der Waals surface area contributed by atoms with Gasteiger partial charge >= 0.3 is 11.9 Å². The lowest BCUT2D eigenvalue weighted by Crippen LogP contribution is -2.35. The highest BCUT2D eigenvalue weighted by molar-refractivity contribution is 5.99. The van der Waals surface area contributed by atoms with Crippen molar-refractivity contribution >= 4 is 52.6 Å². The highest BCUT2D eigenvalue weighted by Gasteiger charge is 2.23. The number of amides is 4. The average Bonchev–Trinajstić information content (AvgIpc) is 1.79. The molecule has 10 aromatic carbocycles. The van der Waals surface area contributed by atoms with E-state index in [4.69, 9.17) is 9.05 Å². The summed E-state index contributed by atoms with van der Waals surface area (Å²) in [6, 6.07) is 75.5. The smallest absolute Gasteiger partial charge is 0.323 e. The van der Waals surface area contributed by atoms with E-state index in [0.717, 1.165) is 73.3 Å². The number of aliphatic carboxylic acids is 2. The summed E-state index contributed by atoms with van der Waals surface area (Å²) in [6.45, 7) is 5.37. The van der Waals surface area contributed by atoms with Crippen molar-refractivity contribution in [3.05, 3.63) is 293 Å². The van der Waals surface area contributed by atoms with Crippen LogP contribution in [0, 0.1) is 13.8 Å². The van der Waals surface area contributed by atoms with Crippen LogP contribution in [0.4, 0.5) is 17.1 Å². The molecule has 0 bridgehead atoms. The van der Waals surface area contributed by atoms with Gasteiger partial charge in [0.1, 0.15) is 13.1 Å². The Balaban J connectivity index is 0.000000203. The maximum atomic E-state index is 13.4. The van der Waals surface area contributed by atoms with Crippen LogP contribution < -0.4 is 15.5 Å². The molecular formula is C82H73N9O10. The quantitative estimate of drug-likeness (QED) is 0.0439. The first kappa shape index (κ1) is 69.5. The number of carbonyl (C=O) groups is 6. The number of hydrogen-bond acceptors (Lipinski definition) is 13. The van der Waals surface area contributed by atoms with E-state index < -0.39 is 36.8 Å². The first-order valence-corrected chi connectivity index (χ1v) is 32.7. The molecule has 12 aromatic rings. The number of hydrogen-bond donors (Lipinski definition) is 4. The van der Waals surface area contributed by atoms with E-state index in [2.05, 4.69) is 100 Å². The van der Waals surface area contributed by atoms with Crippen LogP contribution in [0.5, 0.6) is 0 Å². The van der Waals surface area contributed by atoms with Gasteiger partial charge in [0.05, 0.1) is 12.8 Å². The molecule has 0 spiro atoms. The zero-order chi connectivity index (χ0) is 70.9. The largest absolute Gasteiger partial charge is 0.480 e. The van der Waals surface area contributed by atoms with Gasteiger partial charge in [-0.2, -0.15) is 9.97 Å². The summed E-state index contributed by atoms with van der Waals surface area (Å²) in [6.07, 6.45) is 1.33. The zero-order valence-corrected chi connectivity index (χ0v) is 56.3. The van der Waals surface area contributed by atoms with E-state index in [-0.39, 0.29) is 37.7 Å². The third-order valence-corrected chi connectivity index (χ3v) is 16.7. The molecule has 0 unspecified atom stereocenters. The summed E-state index contributed by atoms with van der Waals surface area (Å²) in [4.78, 5) is 89.1. The van der Waals surface area contributed by atoms with Crippen molar-refractivity contribution in [2.45, 2.75) is 53.1 Å². The van der Waals surface area contributed by atoms with Gasteiger partial charge in [-0.15, -0.1) is 0 Å². The van der Waals surface area contributed by atoms with Crippen LogP contribution in [-0.4, -0.2) is 103 Å². The van der Waals surface area contributed by atoms with Gasteiger partial charge in [-0.25, -0.2) is 0 Å². The predicted octanol–water partition coefficient (Wildman–Crippen LogP) is 15.2. The first-order valence-electron chi connectivity index (χ1n) is 32.7. The lowest BCUT2D eigenvalue weighted by molar-refractivity contribution is -0.138. The van der Waals surface area contributed by atoms with Crippen molar-refractivity contribution in [3.8, 4) is 67.9 Å². The molecule has 0 aliphatic carbocycles. The highest BCUT2D eigenvalue weighted by Crippen LogP contribution is 2.30. The number of aromatic nitrogens is 4. The fourth-order valence-corrected chi connectivity index (χ4v) is 11.1. The SMILES string of the molecule is CCc1cccc(CC(=O)Nc2ccc(C(=O)N(CC(=O)O)Cc3ccc(-c4noc(-c5ccc(-c6ccc(C)cc6)cc5)n4)cc3)cc2)c1.Cc1ccc(-c2ccc(-c3nc(-c4ccc(CN(CC(=O)O)C(=O)c5ccc(NC(=O)Cc6ccc(N(C)C)cc6)cc5)cc4)no3)cc2)cc1. The summed E-state index contributed by atoms with van der Waals surface area (Å²) >= 11 is 0. The first-order chi connectivity index (χ1) is 48.8. The second-order valence-corrected chi connectivity index (χ2v) is 24.6. The van der Waals surface area contributed by atoms with Gasteiger partial charge in [0, 0.05) is 77.6 Å². The number of nitrogens with zero attached hydrogens (tertiary/aromatic N) is 7. The molecule has 12 rings (SSSR count). The Hall–Kier alpha value is -12.9. The Morgan fingerprint density at radius 1 is 0.396 bits per heavy atom. The zero-order valence-electron chi connectivity index (χ0n) is 56.3. The van der Waals surface area contributed by atoms with Crippen LogP contribution >= 0.6 is 0 Å². The third-order valence-electron chi connectivity index (χ3n) is 16.7. The lowest BCUT2D eigenvalue weighted by Gasteiger charge is -2.21. The minimum atomic E-state index is -1.13. The average molecular weight is 1340 g/mol. The van der Waals surface area contributed by atoms with Crippen molar-refractivity contribution in [3.63, 3.8) is 0 Å². The van der Waals surface area contributed by atoms with Crippen LogP contribution in [0.3, 0.4) is 0 Å². The number of anilines is 3. The fourth-order valence-electron chi connectivity index (χ4n) is 11.1. The number of rotatable bonds is 24. The lowest BCUT2D eigenvalue weighted by atomic mass is 10.0. The normalized spacial score (nSPS) is 10.8. The summed E-state index contributed by atoms with van der Waals surface area (Å²) in [5.41, 5.74) is 17.0. The summed E-state index contributed by atoms with van der Waals surface area (Å²) < 4.78 is 11.1. The van der Waals surface area contributed by atoms with Gasteiger partial charge in [0.15, 0.2) is 0 Å². The minimum Gasteiger partial charge on any atom is -0.480 e. The van der Waals surface area contributed by atoms with E-state index in [1.165, 1.54) is 20.9 Å². The number of carboxylic acid groups (broad SMARTS) is 2. The van der Waals surface area contributed by atoms with Gasteiger partial charge in [0.25, 0.3) is 23.6 Å². The van der Waals surface area contributed by atoms with Gasteiger partial charge in [-0.05, 0) is 155 Å². The molecular weight excluding hydrogens is 1270 g/mol. The van der Waals surface area contributed by atoms with E-state index >= 15 is 0 Å². The van der Waals surface area contributed by atoms with Gasteiger partial charge < -0.3 is 44.6 Å². The minimum absolute atomic E-state index is 0.0708. The number of nitrogens with one attached hydrogen (secondary N) is 2. The van der Waals surface area contributed by atoms with E-state index in [1.54, 1.807) is 72.8 Å². The molecule has 0 radical (unpaired) electrons. The van der Waals surface area contributed by atoms with Crippen LogP contribution in [0.2, 0.25) is 0 Å². The van der Waals surface area contributed by atoms with Crippen LogP contribution in [0.25, 0.3) is 67.9 Å². The second kappa shape index (κ2) is 32.4. The second-order valence-electron chi connectivity index (χ2n) is 24.6. The molecule has 19 nitrogen and oxygen atoms in total. The highest BCUT2D eigenvalue weighted by atomic mass is 16.5. The number of carboxylic acids is 2. The van der Waals surface area contributed by atoms with Gasteiger partial charge in [-0.1, -0.05) is 186 Å². The Morgan fingerprint density at radius 2 is 0.743 bits per heavy atom. The molecule has 506 valence electrons. The molecule has 4 N–H and O–H groups in total. The molecule has 2 aromatic heterocycles. The van der Waals surface area contributed by atoms with Crippen LogP contribution in [-0.2, 0) is 51.5 Å². The number of aryl methyl sites for hydroxylation is 3. The molecule has 0 aliphatic heterocycles. The van der Waals surface area contributed by atoms with Gasteiger partial charge in [-0.3, -0.25) is 28.8 Å². The Kier molecular flexibility index (Phi) is 22.3. The van der Waals surface area contributed by atoms with Crippen molar-refractivity contribution in [2.24, 2.45) is 0 Å². The molecule has 0 saturated heterocycles. The molecule has 101 heavy (non-hydrogen) atoms. The third kappa shape index (κ3) is 18.8. The topological polar surface area (TPSA) is 254 Å². The Labute approximate surface area is 584 Å². The standard InChI is InChI=1S/C41H37N5O5.C41H36N4O5/c1-27-4-10-30(11-5-27)31-14-16-33(17-15-31)40-43-39(44-51-40)32-12-6-29(7-13-32)25-46(26-38(48)49)41(50)34-18-20-35(21-19-34)42-37(47)24-28-8-22-36(23-9-28)45(2)3;1-3-28-5-4-6-30(23-28)24-37(46)42-36-21-19-35(20-22-36)41(49)45(26-38(47)48)25-29-9-13-33(14-10-29)39-43-40(50-44-39)34-17-15-32(16-18-34)31-11-7-27(2)8-12-31/h4-23H,24-26H2,1-3H3,(H,42,47)(H,48,49);4-23H,3,24-26H2,1-2H3,(H,42,46)(H,47,48). The summed E-state index contributed by atoms with van der Waals surface area (Å²) in [5.74, 6) is -1.90. The summed E-state index contributed by atoms with van der Waals surface area (Å²) in [5, 5.41) is 33.1. The van der Waals surface area contributed by atoms with Crippen molar-refractivity contribution in [1.82, 2.24) is 30.1 Å². The summed E-state index contributed by atoms with van der Waals surface area (Å²) in [7, 11) is 3.91. The maximum Gasteiger partial charge on any atom is 0.323 e. The maximum absolute atomic E-state index is 13.4. The molecule has 0 fully saturated rings. The molecule has 4 amide bonds. The van der Waals surface area contributed by atoms with E-state index in [9.17, 15) is 39.0 Å². The van der Waals surface area contributed by atoms with Crippen LogP contribution in [0.15, 0.2) is 252 Å². The molecule has 0 saturated carbocycles. The molecule has 19 heteroatoms. The van der Waals surface area contributed by atoms with E-state index in [0.29, 0.717) is 57.1 Å². The predicted molar refractivity (Wildman–Crippen MR) is 390 cm³/mol. The monoisotopic (exact) mass is 1340 g/mol. The molecule has 0 aliphatic rings. The van der Waals surface area contributed by atoms with Crippen molar-refractivity contribution in [2.75, 3.05) is 42.7 Å². The van der Waals surface area contributed by atoms with Gasteiger partial charge in [0.2, 0.25) is 23.5 Å². The Morgan fingerprint density at radius 3 is 1.12 bits per heavy atom.